The minimum absolute atomic E-state index is 0.206. The lowest BCUT2D eigenvalue weighted by Gasteiger charge is -2.18. The fourth-order valence-electron chi connectivity index (χ4n) is 1.99. The van der Waals surface area contributed by atoms with E-state index in [9.17, 15) is 0 Å². The molecule has 0 aromatic heterocycles. The number of hydrogen-bond acceptors (Lipinski definition) is 2. The second-order valence-electron chi connectivity index (χ2n) is 3.86. The van der Waals surface area contributed by atoms with Gasteiger partial charge in [0, 0.05) is 29.0 Å². The zero-order valence-electron chi connectivity index (χ0n) is 8.65. The second kappa shape index (κ2) is 4.74. The summed E-state index contributed by atoms with van der Waals surface area (Å²) < 4.78 is 0. The number of benzene rings is 1. The zero-order chi connectivity index (χ0) is 10.7. The van der Waals surface area contributed by atoms with E-state index in [4.69, 9.17) is 12.2 Å². The molecule has 1 aliphatic heterocycles. The van der Waals surface area contributed by atoms with Crippen LogP contribution in [0.15, 0.2) is 29.2 Å². The molecule has 0 spiro atoms. The van der Waals surface area contributed by atoms with Gasteiger partial charge in [-0.3, -0.25) is 0 Å². The largest absolute Gasteiger partial charge is 0.327 e. The highest BCUT2D eigenvalue weighted by Gasteiger charge is 2.27. The summed E-state index contributed by atoms with van der Waals surface area (Å²) in [4.78, 5) is 1.39. The summed E-state index contributed by atoms with van der Waals surface area (Å²) in [5.74, 6) is 4.25. The quantitative estimate of drug-likeness (QED) is 0.788. The van der Waals surface area contributed by atoms with Crippen molar-refractivity contribution in [1.29, 1.82) is 0 Å². The van der Waals surface area contributed by atoms with Gasteiger partial charge in [-0.25, -0.2) is 0 Å². The maximum absolute atomic E-state index is 6.17. The molecule has 0 aliphatic carbocycles. The van der Waals surface area contributed by atoms with Gasteiger partial charge in [-0.1, -0.05) is 18.2 Å². The van der Waals surface area contributed by atoms with Crippen LogP contribution in [0.25, 0.3) is 0 Å². The van der Waals surface area contributed by atoms with E-state index in [0.717, 1.165) is 18.6 Å². The van der Waals surface area contributed by atoms with Crippen LogP contribution in [0.5, 0.6) is 0 Å². The molecule has 2 unspecified atom stereocenters. The number of terminal acetylenes is 1. The Bertz CT molecular complexity index is 380. The lowest BCUT2D eigenvalue weighted by Crippen LogP contribution is -2.28. The van der Waals surface area contributed by atoms with Gasteiger partial charge in [-0.05, 0) is 18.1 Å². The minimum atomic E-state index is 0.206. The number of rotatable bonds is 3. The summed E-state index contributed by atoms with van der Waals surface area (Å²) in [6.07, 6.45) is 6.97. The Kier molecular flexibility index (Phi) is 3.35. The molecule has 0 radical (unpaired) electrons. The van der Waals surface area contributed by atoms with Crippen LogP contribution < -0.4 is 5.73 Å². The summed E-state index contributed by atoms with van der Waals surface area (Å²) in [6, 6.07) is 8.74. The number of nitrogens with two attached hydrogens (primary N) is 1. The van der Waals surface area contributed by atoms with Crippen molar-refractivity contribution in [3.8, 4) is 12.3 Å². The van der Waals surface area contributed by atoms with E-state index < -0.39 is 0 Å². The molecule has 2 heteroatoms. The van der Waals surface area contributed by atoms with E-state index in [2.05, 4.69) is 30.2 Å². The Labute approximate surface area is 95.4 Å². The van der Waals surface area contributed by atoms with Crippen LogP contribution in [-0.2, 0) is 0 Å². The molecule has 2 rings (SSSR count). The molecule has 1 aliphatic rings. The van der Waals surface area contributed by atoms with Gasteiger partial charge in [-0.15, -0.1) is 24.1 Å². The van der Waals surface area contributed by atoms with Gasteiger partial charge in [0.25, 0.3) is 0 Å². The predicted octanol–water partition coefficient (Wildman–Crippen LogP) is 2.62. The fourth-order valence-corrected chi connectivity index (χ4v) is 3.34. The molecule has 1 aromatic carbocycles. The van der Waals surface area contributed by atoms with Crippen LogP contribution >= 0.6 is 11.8 Å². The van der Waals surface area contributed by atoms with Gasteiger partial charge in [0.05, 0.1) is 0 Å². The lowest BCUT2D eigenvalue weighted by molar-refractivity contribution is 0.543. The van der Waals surface area contributed by atoms with E-state index in [0.29, 0.717) is 5.92 Å². The highest BCUT2D eigenvalue weighted by molar-refractivity contribution is 7.99. The fraction of sp³-hybridized carbons (Fsp3) is 0.385. The first kappa shape index (κ1) is 10.6. The summed E-state index contributed by atoms with van der Waals surface area (Å²) in [5, 5.41) is 0. The van der Waals surface area contributed by atoms with Gasteiger partial charge in [-0.2, -0.15) is 0 Å². The van der Waals surface area contributed by atoms with E-state index in [1.54, 1.807) is 0 Å². The Morgan fingerprint density at radius 3 is 3.13 bits per heavy atom. The van der Waals surface area contributed by atoms with Crippen molar-refractivity contribution in [1.82, 2.24) is 0 Å². The third-order valence-electron chi connectivity index (χ3n) is 2.88. The maximum atomic E-state index is 6.17. The van der Waals surface area contributed by atoms with Crippen LogP contribution in [0.3, 0.4) is 0 Å². The second-order valence-corrected chi connectivity index (χ2v) is 4.92. The Balaban J connectivity index is 2.10. The van der Waals surface area contributed by atoms with Crippen LogP contribution in [-0.4, -0.2) is 11.8 Å². The van der Waals surface area contributed by atoms with E-state index >= 15 is 0 Å². The highest BCUT2D eigenvalue weighted by atomic mass is 32.2. The molecule has 0 saturated heterocycles. The van der Waals surface area contributed by atoms with E-state index in [1.807, 2.05) is 11.8 Å². The van der Waals surface area contributed by atoms with Crippen molar-refractivity contribution in [2.75, 3.05) is 5.75 Å². The molecule has 15 heavy (non-hydrogen) atoms. The lowest BCUT2D eigenvalue weighted by atomic mass is 9.91. The molecular formula is C13H15NS. The topological polar surface area (TPSA) is 26.0 Å². The molecule has 0 amide bonds. The van der Waals surface area contributed by atoms with Crippen LogP contribution in [0.4, 0.5) is 0 Å². The SMILES string of the molecule is C#CCCC(N)C1CSc2ccccc21. The van der Waals surface area contributed by atoms with Gasteiger partial charge in [0.1, 0.15) is 0 Å². The van der Waals surface area contributed by atoms with E-state index in [1.165, 1.54) is 10.5 Å². The third-order valence-corrected chi connectivity index (χ3v) is 4.08. The molecule has 78 valence electrons. The maximum Gasteiger partial charge on any atom is 0.0125 e. The van der Waals surface area contributed by atoms with Crippen molar-refractivity contribution in [2.45, 2.75) is 29.7 Å². The van der Waals surface area contributed by atoms with Crippen molar-refractivity contribution in [3.63, 3.8) is 0 Å². The standard InChI is InChI=1S/C13H15NS/c1-2-3-7-12(14)11-9-15-13-8-5-4-6-10(11)13/h1,4-6,8,11-12H,3,7,9,14H2. The summed E-state index contributed by atoms with van der Waals surface area (Å²) >= 11 is 1.91. The van der Waals surface area contributed by atoms with Gasteiger partial charge in [0.2, 0.25) is 0 Å². The first-order valence-electron chi connectivity index (χ1n) is 5.23. The number of hydrogen-bond donors (Lipinski definition) is 1. The van der Waals surface area contributed by atoms with Crippen LogP contribution in [0, 0.1) is 12.3 Å². The third kappa shape index (κ3) is 2.19. The molecule has 1 nitrogen and oxygen atoms in total. The van der Waals surface area contributed by atoms with Crippen molar-refractivity contribution in [3.05, 3.63) is 29.8 Å². The van der Waals surface area contributed by atoms with Crippen LogP contribution in [0.2, 0.25) is 0 Å². The Morgan fingerprint density at radius 1 is 1.53 bits per heavy atom. The normalized spacial score (nSPS) is 20.7. The first-order valence-corrected chi connectivity index (χ1v) is 6.22. The van der Waals surface area contributed by atoms with Gasteiger partial charge < -0.3 is 5.73 Å². The molecule has 0 saturated carbocycles. The molecule has 2 N–H and O–H groups in total. The number of thioether (sulfide) groups is 1. The first-order chi connectivity index (χ1) is 7.33. The van der Waals surface area contributed by atoms with Crippen molar-refractivity contribution >= 4 is 11.8 Å². The van der Waals surface area contributed by atoms with Crippen molar-refractivity contribution < 1.29 is 0 Å². The minimum Gasteiger partial charge on any atom is -0.327 e. The smallest absolute Gasteiger partial charge is 0.0125 e. The Morgan fingerprint density at radius 2 is 2.33 bits per heavy atom. The molecule has 2 atom stereocenters. The van der Waals surface area contributed by atoms with Crippen LogP contribution in [0.1, 0.15) is 24.3 Å². The molecule has 0 fully saturated rings. The number of fused-ring (bicyclic) bond motifs is 1. The van der Waals surface area contributed by atoms with Crippen molar-refractivity contribution in [2.24, 2.45) is 5.73 Å². The summed E-state index contributed by atoms with van der Waals surface area (Å²) in [6.45, 7) is 0. The molecule has 1 aromatic rings. The monoisotopic (exact) mass is 217 g/mol. The average molecular weight is 217 g/mol. The summed E-state index contributed by atoms with van der Waals surface area (Å²) in [7, 11) is 0. The molecule has 1 heterocycles. The Hall–Kier alpha value is -0.910. The van der Waals surface area contributed by atoms with Gasteiger partial charge >= 0.3 is 0 Å². The summed E-state index contributed by atoms with van der Waals surface area (Å²) in [5.41, 5.74) is 7.58. The van der Waals surface area contributed by atoms with Gasteiger partial charge in [0.15, 0.2) is 0 Å². The molecular weight excluding hydrogens is 202 g/mol. The molecule has 0 bridgehead atoms. The predicted molar refractivity (Wildman–Crippen MR) is 65.9 cm³/mol. The highest BCUT2D eigenvalue weighted by Crippen LogP contribution is 2.41. The zero-order valence-corrected chi connectivity index (χ0v) is 9.46. The van der Waals surface area contributed by atoms with E-state index in [-0.39, 0.29) is 6.04 Å². The average Bonchev–Trinajstić information content (AvgIpc) is 2.69.